The first-order valence-electron chi connectivity index (χ1n) is 6.24. The number of hydrogen-bond donors (Lipinski definition) is 1. The third-order valence-corrected chi connectivity index (χ3v) is 5.12. The predicted molar refractivity (Wildman–Crippen MR) is 78.3 cm³/mol. The molecule has 6 heteroatoms. The summed E-state index contributed by atoms with van der Waals surface area (Å²) in [5.74, 6) is 0.135. The zero-order valence-corrected chi connectivity index (χ0v) is 12.0. The molecule has 2 aromatic heterocycles. The highest BCUT2D eigenvalue weighted by molar-refractivity contribution is 7.20. The van der Waals surface area contributed by atoms with Crippen LogP contribution in [0.1, 0.15) is 12.1 Å². The van der Waals surface area contributed by atoms with Crippen LogP contribution >= 0.6 is 22.7 Å². The van der Waals surface area contributed by atoms with E-state index in [4.69, 9.17) is 5.73 Å². The number of carbonyl (C=O) groups excluding carboxylic acids is 1. The molecule has 3 heterocycles. The van der Waals surface area contributed by atoms with Crippen LogP contribution in [0.5, 0.6) is 0 Å². The normalized spacial score (nSPS) is 19.0. The summed E-state index contributed by atoms with van der Waals surface area (Å²) in [6.45, 7) is 1.46. The van der Waals surface area contributed by atoms with Crippen LogP contribution in [0, 0.1) is 0 Å². The summed E-state index contributed by atoms with van der Waals surface area (Å²) in [6, 6.07) is 4.20. The average Bonchev–Trinajstić information content (AvgIpc) is 3.07. The molecule has 0 spiro atoms. The molecule has 2 aromatic rings. The van der Waals surface area contributed by atoms with Gasteiger partial charge in [0.05, 0.1) is 17.0 Å². The van der Waals surface area contributed by atoms with Gasteiger partial charge in [0, 0.05) is 24.5 Å². The Morgan fingerprint density at radius 3 is 3.11 bits per heavy atom. The number of hydrogen-bond acceptors (Lipinski definition) is 5. The van der Waals surface area contributed by atoms with Crippen molar-refractivity contribution in [1.29, 1.82) is 0 Å². The quantitative estimate of drug-likeness (QED) is 0.941. The number of nitrogens with two attached hydrogens (primary N) is 1. The lowest BCUT2D eigenvalue weighted by Gasteiger charge is -2.14. The van der Waals surface area contributed by atoms with E-state index in [9.17, 15) is 4.79 Å². The number of carbonyl (C=O) groups is 1. The number of thiophene rings is 1. The van der Waals surface area contributed by atoms with Crippen molar-refractivity contribution >= 4 is 28.6 Å². The SMILES string of the molecule is N[C@@H]1CCN(C(=O)Cc2csc(-c3cccs3)n2)C1. The molecule has 1 aliphatic heterocycles. The number of nitrogens with zero attached hydrogens (tertiary/aromatic N) is 2. The van der Waals surface area contributed by atoms with Gasteiger partial charge in [0.15, 0.2) is 0 Å². The van der Waals surface area contributed by atoms with E-state index in [-0.39, 0.29) is 11.9 Å². The predicted octanol–water partition coefficient (Wildman–Crippen LogP) is 1.97. The summed E-state index contributed by atoms with van der Waals surface area (Å²) < 4.78 is 0. The van der Waals surface area contributed by atoms with Gasteiger partial charge in [0.2, 0.25) is 5.91 Å². The molecule has 1 fully saturated rings. The lowest BCUT2D eigenvalue weighted by Crippen LogP contribution is -2.32. The maximum absolute atomic E-state index is 12.1. The fourth-order valence-corrected chi connectivity index (χ4v) is 3.82. The first kappa shape index (κ1) is 12.8. The fraction of sp³-hybridized carbons (Fsp3) is 0.385. The van der Waals surface area contributed by atoms with E-state index in [1.807, 2.05) is 21.7 Å². The molecule has 4 nitrogen and oxygen atoms in total. The third kappa shape index (κ3) is 2.86. The summed E-state index contributed by atoms with van der Waals surface area (Å²) >= 11 is 3.27. The van der Waals surface area contributed by atoms with Crippen LogP contribution in [0.25, 0.3) is 9.88 Å². The Kier molecular flexibility index (Phi) is 3.63. The van der Waals surface area contributed by atoms with Gasteiger partial charge in [-0.05, 0) is 17.9 Å². The summed E-state index contributed by atoms with van der Waals surface area (Å²) in [4.78, 5) is 19.6. The monoisotopic (exact) mass is 293 g/mol. The lowest BCUT2D eigenvalue weighted by molar-refractivity contribution is -0.129. The minimum atomic E-state index is 0.135. The van der Waals surface area contributed by atoms with Crippen molar-refractivity contribution in [3.8, 4) is 9.88 Å². The van der Waals surface area contributed by atoms with Crippen LogP contribution in [0.3, 0.4) is 0 Å². The zero-order chi connectivity index (χ0) is 13.2. The standard InChI is InChI=1S/C13H15N3OS2/c14-9-3-4-16(7-9)12(17)6-10-8-19-13(15-10)11-2-1-5-18-11/h1-2,5,8-9H,3-4,6-7,14H2/t9-/m1/s1. The topological polar surface area (TPSA) is 59.2 Å². The Morgan fingerprint density at radius 1 is 1.53 bits per heavy atom. The molecule has 1 saturated heterocycles. The second-order valence-corrected chi connectivity index (χ2v) is 6.49. The lowest BCUT2D eigenvalue weighted by atomic mass is 10.3. The van der Waals surface area contributed by atoms with Crippen LogP contribution in [-0.2, 0) is 11.2 Å². The van der Waals surface area contributed by atoms with E-state index in [2.05, 4.69) is 11.1 Å². The van der Waals surface area contributed by atoms with Gasteiger partial charge >= 0.3 is 0 Å². The number of amides is 1. The Morgan fingerprint density at radius 2 is 2.42 bits per heavy atom. The highest BCUT2D eigenvalue weighted by Crippen LogP contribution is 2.28. The second-order valence-electron chi connectivity index (χ2n) is 4.69. The summed E-state index contributed by atoms with van der Waals surface area (Å²) in [5, 5.41) is 5.01. The molecule has 1 amide bonds. The average molecular weight is 293 g/mol. The molecule has 1 atom stereocenters. The zero-order valence-electron chi connectivity index (χ0n) is 10.4. The molecule has 0 aliphatic carbocycles. The maximum Gasteiger partial charge on any atom is 0.228 e. The Balaban J connectivity index is 1.66. The first-order valence-corrected chi connectivity index (χ1v) is 8.00. The van der Waals surface area contributed by atoms with Gasteiger partial charge < -0.3 is 10.6 Å². The summed E-state index contributed by atoms with van der Waals surface area (Å²) in [6.07, 6.45) is 1.29. The van der Waals surface area contributed by atoms with Gasteiger partial charge in [-0.2, -0.15) is 0 Å². The Labute approximate surface area is 119 Å². The van der Waals surface area contributed by atoms with Gasteiger partial charge in [-0.25, -0.2) is 4.98 Å². The van der Waals surface area contributed by atoms with E-state index in [0.717, 1.165) is 28.5 Å². The molecule has 2 N–H and O–H groups in total. The highest BCUT2D eigenvalue weighted by atomic mass is 32.1. The third-order valence-electron chi connectivity index (χ3n) is 3.19. The highest BCUT2D eigenvalue weighted by Gasteiger charge is 2.24. The molecule has 0 saturated carbocycles. The Bertz CT molecular complexity index is 564. The number of likely N-dealkylation sites (tertiary alicyclic amines) is 1. The van der Waals surface area contributed by atoms with Crippen molar-refractivity contribution in [3.63, 3.8) is 0 Å². The van der Waals surface area contributed by atoms with Crippen LogP contribution in [-0.4, -0.2) is 34.9 Å². The molecule has 0 aromatic carbocycles. The van der Waals surface area contributed by atoms with Gasteiger partial charge in [-0.15, -0.1) is 22.7 Å². The molecule has 0 bridgehead atoms. The summed E-state index contributed by atoms with van der Waals surface area (Å²) in [5.41, 5.74) is 6.68. The van der Waals surface area contributed by atoms with E-state index in [0.29, 0.717) is 13.0 Å². The van der Waals surface area contributed by atoms with Gasteiger partial charge in [0.1, 0.15) is 5.01 Å². The van der Waals surface area contributed by atoms with Crippen LogP contribution in [0.4, 0.5) is 0 Å². The van der Waals surface area contributed by atoms with Crippen LogP contribution in [0.2, 0.25) is 0 Å². The van der Waals surface area contributed by atoms with Gasteiger partial charge in [-0.1, -0.05) is 6.07 Å². The largest absolute Gasteiger partial charge is 0.341 e. The fourth-order valence-electron chi connectivity index (χ4n) is 2.18. The molecule has 19 heavy (non-hydrogen) atoms. The van der Waals surface area contributed by atoms with Crippen molar-refractivity contribution in [3.05, 3.63) is 28.6 Å². The first-order chi connectivity index (χ1) is 9.22. The van der Waals surface area contributed by atoms with Crippen LogP contribution < -0.4 is 5.73 Å². The smallest absolute Gasteiger partial charge is 0.228 e. The molecule has 0 radical (unpaired) electrons. The molecular formula is C13H15N3OS2. The molecule has 3 rings (SSSR count). The molecule has 1 aliphatic rings. The molecular weight excluding hydrogens is 278 g/mol. The van der Waals surface area contributed by atoms with E-state index >= 15 is 0 Å². The maximum atomic E-state index is 12.1. The van der Waals surface area contributed by atoms with Gasteiger partial charge in [0.25, 0.3) is 0 Å². The second kappa shape index (κ2) is 5.40. The van der Waals surface area contributed by atoms with Crippen molar-refractivity contribution < 1.29 is 4.79 Å². The van der Waals surface area contributed by atoms with Gasteiger partial charge in [-0.3, -0.25) is 4.79 Å². The van der Waals surface area contributed by atoms with E-state index in [1.165, 1.54) is 0 Å². The van der Waals surface area contributed by atoms with Crippen molar-refractivity contribution in [2.24, 2.45) is 5.73 Å². The van der Waals surface area contributed by atoms with Crippen molar-refractivity contribution in [1.82, 2.24) is 9.88 Å². The number of aromatic nitrogens is 1. The minimum Gasteiger partial charge on any atom is -0.341 e. The minimum absolute atomic E-state index is 0.135. The molecule has 0 unspecified atom stereocenters. The van der Waals surface area contributed by atoms with Crippen molar-refractivity contribution in [2.45, 2.75) is 18.9 Å². The Hall–Kier alpha value is -1.24. The van der Waals surface area contributed by atoms with Crippen LogP contribution in [0.15, 0.2) is 22.9 Å². The number of thiazole rings is 1. The van der Waals surface area contributed by atoms with Crippen molar-refractivity contribution in [2.75, 3.05) is 13.1 Å². The van der Waals surface area contributed by atoms with E-state index < -0.39 is 0 Å². The number of rotatable bonds is 3. The molecule has 100 valence electrons. The van der Waals surface area contributed by atoms with E-state index in [1.54, 1.807) is 22.7 Å². The summed E-state index contributed by atoms with van der Waals surface area (Å²) in [7, 11) is 0.